The number of carbonyl (C=O) groups excluding carboxylic acids is 4. The average Bonchev–Trinajstić information content (AvgIpc) is 2.98. The molecule has 0 bridgehead atoms. The normalized spacial score (nSPS) is 13.3. The molecule has 0 aromatic heterocycles. The van der Waals surface area contributed by atoms with Crippen LogP contribution in [0.25, 0.3) is 16.3 Å². The Labute approximate surface area is 230 Å². The second kappa shape index (κ2) is 11.5. The van der Waals surface area contributed by atoms with Gasteiger partial charge in [-0.3, -0.25) is 14.4 Å². The number of rotatable bonds is 7. The summed E-state index contributed by atoms with van der Waals surface area (Å²) in [6.45, 7) is 0. The van der Waals surface area contributed by atoms with Crippen molar-refractivity contribution in [3.8, 4) is 5.75 Å². The number of hydrogen-bond donors (Lipinski definition) is 0. The van der Waals surface area contributed by atoms with E-state index in [1.165, 1.54) is 24.3 Å². The maximum Gasteiger partial charge on any atom is 0.346 e. The topological polar surface area (TPSA) is 86.7 Å². The van der Waals surface area contributed by atoms with E-state index >= 15 is 0 Å². The molecule has 0 amide bonds. The van der Waals surface area contributed by atoms with Gasteiger partial charge in [0.1, 0.15) is 11.6 Å². The smallest absolute Gasteiger partial charge is 0.346 e. The summed E-state index contributed by atoms with van der Waals surface area (Å²) >= 11 is 0. The zero-order valence-corrected chi connectivity index (χ0v) is 21.7. The Hall–Kier alpha value is -4.91. The SMILES string of the molecule is COc1ccc(C2=C(CC(=O)OC(=O)c3ccccc3C(=O)c3cccc4c(F)cccc34)C(=O)CCC2)cc1. The van der Waals surface area contributed by atoms with Crippen LogP contribution in [0.3, 0.4) is 0 Å². The van der Waals surface area contributed by atoms with Crippen LogP contribution in [0.1, 0.15) is 57.5 Å². The van der Waals surface area contributed by atoms with Crippen LogP contribution in [-0.4, -0.2) is 30.6 Å². The molecule has 0 saturated heterocycles. The number of allylic oxidation sites excluding steroid dienone is 1. The Bertz CT molecular complexity index is 1680. The van der Waals surface area contributed by atoms with Crippen molar-refractivity contribution in [2.75, 3.05) is 7.11 Å². The monoisotopic (exact) mass is 536 g/mol. The van der Waals surface area contributed by atoms with E-state index in [0.29, 0.717) is 36.0 Å². The number of ether oxygens (including phenoxy) is 2. The number of Topliss-reactive ketones (excluding diaryl/α,β-unsaturated/α-hetero) is 1. The predicted octanol–water partition coefficient (Wildman–Crippen LogP) is 6.50. The molecule has 1 aliphatic rings. The molecule has 0 radical (unpaired) electrons. The van der Waals surface area contributed by atoms with Gasteiger partial charge in [-0.1, -0.05) is 60.7 Å². The summed E-state index contributed by atoms with van der Waals surface area (Å²) in [7, 11) is 1.56. The Kier molecular flexibility index (Phi) is 7.64. The van der Waals surface area contributed by atoms with Crippen molar-refractivity contribution in [2.45, 2.75) is 25.7 Å². The molecule has 4 aromatic rings. The van der Waals surface area contributed by atoms with Crippen molar-refractivity contribution in [3.63, 3.8) is 0 Å². The summed E-state index contributed by atoms with van der Waals surface area (Å²) in [4.78, 5) is 52.3. The van der Waals surface area contributed by atoms with E-state index in [1.807, 2.05) is 12.1 Å². The predicted molar refractivity (Wildman–Crippen MR) is 148 cm³/mol. The van der Waals surface area contributed by atoms with Crippen LogP contribution in [0.5, 0.6) is 5.75 Å². The number of carbonyl (C=O) groups is 4. The van der Waals surface area contributed by atoms with Crippen molar-refractivity contribution < 1.29 is 33.0 Å². The molecule has 0 heterocycles. The van der Waals surface area contributed by atoms with Crippen LogP contribution in [0.4, 0.5) is 4.39 Å². The van der Waals surface area contributed by atoms with Crippen LogP contribution >= 0.6 is 0 Å². The van der Waals surface area contributed by atoms with Crippen LogP contribution in [0, 0.1) is 5.82 Å². The minimum atomic E-state index is -1.00. The molecule has 40 heavy (non-hydrogen) atoms. The lowest BCUT2D eigenvalue weighted by Gasteiger charge is -2.19. The third-order valence-corrected chi connectivity index (χ3v) is 7.00. The van der Waals surface area contributed by atoms with Crippen LogP contribution in [0.15, 0.2) is 90.5 Å². The summed E-state index contributed by atoms with van der Waals surface area (Å²) in [5.74, 6) is -2.37. The van der Waals surface area contributed by atoms with E-state index in [-0.39, 0.29) is 34.3 Å². The van der Waals surface area contributed by atoms with Gasteiger partial charge < -0.3 is 9.47 Å². The van der Waals surface area contributed by atoms with Gasteiger partial charge in [0.25, 0.3) is 0 Å². The van der Waals surface area contributed by atoms with Gasteiger partial charge in [0.2, 0.25) is 0 Å². The summed E-state index contributed by atoms with van der Waals surface area (Å²) in [5, 5.41) is 0.683. The lowest BCUT2D eigenvalue weighted by molar-refractivity contribution is -0.138. The zero-order valence-electron chi connectivity index (χ0n) is 21.7. The largest absolute Gasteiger partial charge is 0.497 e. The maximum absolute atomic E-state index is 14.3. The molecule has 1 aliphatic carbocycles. The van der Waals surface area contributed by atoms with E-state index in [1.54, 1.807) is 55.6 Å². The molecular formula is C33H25FO6. The zero-order chi connectivity index (χ0) is 28.2. The minimum absolute atomic E-state index is 0.0175. The number of hydrogen-bond acceptors (Lipinski definition) is 6. The molecule has 7 heteroatoms. The first-order valence-corrected chi connectivity index (χ1v) is 12.8. The van der Waals surface area contributed by atoms with E-state index in [2.05, 4.69) is 0 Å². The van der Waals surface area contributed by atoms with Crippen molar-refractivity contribution in [3.05, 3.63) is 119 Å². The Morgan fingerprint density at radius 2 is 1.45 bits per heavy atom. The van der Waals surface area contributed by atoms with Crippen molar-refractivity contribution in [2.24, 2.45) is 0 Å². The fourth-order valence-electron chi connectivity index (χ4n) is 5.02. The van der Waals surface area contributed by atoms with Crippen molar-refractivity contribution in [1.29, 1.82) is 0 Å². The first kappa shape index (κ1) is 26.7. The molecule has 5 rings (SSSR count). The van der Waals surface area contributed by atoms with Gasteiger partial charge in [0.05, 0.1) is 19.1 Å². The molecule has 4 aromatic carbocycles. The molecular weight excluding hydrogens is 511 g/mol. The van der Waals surface area contributed by atoms with Gasteiger partial charge in [-0.05, 0) is 53.6 Å². The fourth-order valence-corrected chi connectivity index (χ4v) is 5.02. The first-order valence-electron chi connectivity index (χ1n) is 12.8. The number of fused-ring (bicyclic) bond motifs is 1. The van der Waals surface area contributed by atoms with E-state index < -0.39 is 23.5 Å². The lowest BCUT2D eigenvalue weighted by atomic mass is 9.85. The highest BCUT2D eigenvalue weighted by molar-refractivity contribution is 6.20. The first-order chi connectivity index (χ1) is 19.4. The summed E-state index contributed by atoms with van der Waals surface area (Å²) in [6, 6.07) is 22.3. The standard InChI is InChI=1S/C33H25FO6/c1-39-21-17-15-20(16-18-21)22-9-6-14-30(35)28(22)19-31(36)40-33(38)27-8-3-2-7-26(27)32(37)25-12-4-11-24-23(25)10-5-13-29(24)34/h2-5,7-8,10-13,15-18H,6,9,14,19H2,1H3. The number of ketones is 2. The van der Waals surface area contributed by atoms with Gasteiger partial charge in [-0.2, -0.15) is 0 Å². The lowest BCUT2D eigenvalue weighted by Crippen LogP contribution is -2.20. The van der Waals surface area contributed by atoms with Gasteiger partial charge in [-0.25, -0.2) is 9.18 Å². The highest BCUT2D eigenvalue weighted by atomic mass is 19.1. The highest BCUT2D eigenvalue weighted by Crippen LogP contribution is 2.33. The Morgan fingerprint density at radius 3 is 2.20 bits per heavy atom. The summed E-state index contributed by atoms with van der Waals surface area (Å²) in [5.41, 5.74) is 1.98. The quantitative estimate of drug-likeness (QED) is 0.152. The third kappa shape index (κ3) is 5.31. The van der Waals surface area contributed by atoms with E-state index in [4.69, 9.17) is 9.47 Å². The minimum Gasteiger partial charge on any atom is -0.497 e. The van der Waals surface area contributed by atoms with Crippen LogP contribution < -0.4 is 4.74 Å². The number of halogens is 1. The van der Waals surface area contributed by atoms with E-state index in [9.17, 15) is 23.6 Å². The molecule has 0 spiro atoms. The van der Waals surface area contributed by atoms with Gasteiger partial charge in [0.15, 0.2) is 11.6 Å². The summed E-state index contributed by atoms with van der Waals surface area (Å²) in [6.07, 6.45) is 1.20. The van der Waals surface area contributed by atoms with Gasteiger partial charge in [0, 0.05) is 28.5 Å². The van der Waals surface area contributed by atoms with Crippen LogP contribution in [-0.2, 0) is 14.3 Å². The molecule has 200 valence electrons. The Balaban J connectivity index is 1.40. The number of benzene rings is 4. The Morgan fingerprint density at radius 1 is 0.775 bits per heavy atom. The molecule has 0 aliphatic heterocycles. The summed E-state index contributed by atoms with van der Waals surface area (Å²) < 4.78 is 24.7. The maximum atomic E-state index is 14.3. The highest BCUT2D eigenvalue weighted by Gasteiger charge is 2.27. The van der Waals surface area contributed by atoms with Crippen LogP contribution in [0.2, 0.25) is 0 Å². The van der Waals surface area contributed by atoms with Crippen molar-refractivity contribution in [1.82, 2.24) is 0 Å². The molecule has 0 atom stereocenters. The number of esters is 2. The third-order valence-electron chi connectivity index (χ3n) is 7.00. The second-order valence-corrected chi connectivity index (χ2v) is 9.42. The average molecular weight is 537 g/mol. The molecule has 0 unspecified atom stereocenters. The fraction of sp³-hybridized carbons (Fsp3) is 0.152. The molecule has 0 saturated carbocycles. The van der Waals surface area contributed by atoms with Gasteiger partial charge in [-0.15, -0.1) is 0 Å². The molecule has 6 nitrogen and oxygen atoms in total. The number of methoxy groups -OCH3 is 1. The van der Waals surface area contributed by atoms with Gasteiger partial charge >= 0.3 is 11.9 Å². The van der Waals surface area contributed by atoms with Crippen molar-refractivity contribution >= 4 is 39.9 Å². The second-order valence-electron chi connectivity index (χ2n) is 9.42. The van der Waals surface area contributed by atoms with E-state index in [0.717, 1.165) is 11.1 Å². The molecule has 0 N–H and O–H groups in total. The molecule has 0 fully saturated rings.